The molecule has 2 rings (SSSR count). The van der Waals surface area contributed by atoms with Gasteiger partial charge in [-0.05, 0) is 17.7 Å². The van der Waals surface area contributed by atoms with E-state index in [9.17, 15) is 14.5 Å². The fraction of sp³-hybridized carbons (Fsp3) is 0.143. The maximum absolute atomic E-state index is 13.6. The van der Waals surface area contributed by atoms with Crippen molar-refractivity contribution in [2.75, 3.05) is 7.11 Å². The van der Waals surface area contributed by atoms with E-state index >= 15 is 0 Å². The minimum atomic E-state index is -0.774. The van der Waals surface area contributed by atoms with Crippen molar-refractivity contribution in [3.05, 3.63) is 57.9 Å². The Bertz CT molecular complexity index is 661. The van der Waals surface area contributed by atoms with Gasteiger partial charge in [-0.3, -0.25) is 10.1 Å². The van der Waals surface area contributed by atoms with E-state index in [0.29, 0.717) is 0 Å². The molecule has 0 saturated carbocycles. The molecule has 0 radical (unpaired) electrons. The normalized spacial score (nSPS) is 10.4. The first-order valence-corrected chi connectivity index (χ1v) is 6.76. The topological polar surface area (TPSA) is 72.6 Å². The van der Waals surface area contributed by atoms with Crippen molar-refractivity contribution >= 4 is 17.4 Å². The van der Waals surface area contributed by atoms with Gasteiger partial charge < -0.3 is 9.84 Å². The van der Waals surface area contributed by atoms with Crippen molar-refractivity contribution in [3.63, 3.8) is 0 Å². The molecule has 1 N–H and O–H groups in total. The van der Waals surface area contributed by atoms with Crippen molar-refractivity contribution in [2.24, 2.45) is 0 Å². The molecule has 0 amide bonds. The molecule has 0 heterocycles. The molecule has 2 aromatic rings. The molecular formula is C14H12FNO4S. The lowest BCUT2D eigenvalue weighted by molar-refractivity contribution is -0.387. The minimum absolute atomic E-state index is 0.0462. The van der Waals surface area contributed by atoms with Crippen LogP contribution < -0.4 is 4.74 Å². The number of nitro benzene ring substituents is 1. The highest BCUT2D eigenvalue weighted by Gasteiger charge is 2.19. The molecule has 0 aromatic heterocycles. The van der Waals surface area contributed by atoms with Crippen LogP contribution >= 0.6 is 11.8 Å². The summed E-state index contributed by atoms with van der Waals surface area (Å²) in [6, 6.07) is 9.05. The van der Waals surface area contributed by atoms with Crippen LogP contribution in [0.25, 0.3) is 0 Å². The van der Waals surface area contributed by atoms with E-state index in [0.717, 1.165) is 28.3 Å². The monoisotopic (exact) mass is 309 g/mol. The van der Waals surface area contributed by atoms with Gasteiger partial charge in [-0.2, -0.15) is 0 Å². The lowest BCUT2D eigenvalue weighted by Crippen LogP contribution is -1.95. The Morgan fingerprint density at radius 3 is 2.52 bits per heavy atom. The van der Waals surface area contributed by atoms with Gasteiger partial charge in [0.15, 0.2) is 11.6 Å². The van der Waals surface area contributed by atoms with Gasteiger partial charge in [0.25, 0.3) is 5.69 Å². The number of nitrogens with zero attached hydrogens (tertiary/aromatic N) is 1. The van der Waals surface area contributed by atoms with E-state index in [1.807, 2.05) is 0 Å². The van der Waals surface area contributed by atoms with Crippen LogP contribution in [-0.2, 0) is 6.61 Å². The molecule has 110 valence electrons. The number of aliphatic hydroxyl groups is 1. The Labute approximate surface area is 124 Å². The SMILES string of the molecule is COc1cc(Sc2ccc(CO)cc2)c([N+](=O)[O-])cc1F. The van der Waals surface area contributed by atoms with Gasteiger partial charge in [0.1, 0.15) is 0 Å². The first-order valence-electron chi connectivity index (χ1n) is 5.94. The van der Waals surface area contributed by atoms with E-state index in [1.165, 1.54) is 13.2 Å². The van der Waals surface area contributed by atoms with E-state index in [1.54, 1.807) is 24.3 Å². The van der Waals surface area contributed by atoms with E-state index in [4.69, 9.17) is 9.84 Å². The predicted octanol–water partition coefficient (Wildman–Crippen LogP) is 3.39. The summed E-state index contributed by atoms with van der Waals surface area (Å²) >= 11 is 1.13. The lowest BCUT2D eigenvalue weighted by Gasteiger charge is -2.07. The third-order valence-electron chi connectivity index (χ3n) is 2.76. The zero-order chi connectivity index (χ0) is 15.4. The maximum Gasteiger partial charge on any atom is 0.286 e. The summed E-state index contributed by atoms with van der Waals surface area (Å²) in [6.07, 6.45) is 0. The number of aliphatic hydroxyl groups excluding tert-OH is 1. The zero-order valence-corrected chi connectivity index (χ0v) is 11.9. The number of halogens is 1. The van der Waals surface area contributed by atoms with Crippen molar-refractivity contribution in [2.45, 2.75) is 16.4 Å². The molecule has 0 unspecified atom stereocenters. The van der Waals surface area contributed by atoms with Crippen LogP contribution in [0.1, 0.15) is 5.56 Å². The number of hydrogen-bond donors (Lipinski definition) is 1. The average Bonchev–Trinajstić information content (AvgIpc) is 2.49. The smallest absolute Gasteiger partial charge is 0.286 e. The van der Waals surface area contributed by atoms with Gasteiger partial charge >= 0.3 is 0 Å². The quantitative estimate of drug-likeness (QED) is 0.677. The summed E-state index contributed by atoms with van der Waals surface area (Å²) in [5.41, 5.74) is 0.426. The number of rotatable bonds is 5. The summed E-state index contributed by atoms with van der Waals surface area (Å²) in [6.45, 7) is -0.0739. The molecular weight excluding hydrogens is 297 g/mol. The van der Waals surface area contributed by atoms with Crippen molar-refractivity contribution in [1.29, 1.82) is 0 Å². The fourth-order valence-electron chi connectivity index (χ4n) is 1.69. The number of hydrogen-bond acceptors (Lipinski definition) is 5. The van der Waals surface area contributed by atoms with Crippen LogP contribution in [0.15, 0.2) is 46.2 Å². The van der Waals surface area contributed by atoms with Crippen LogP contribution in [0.4, 0.5) is 10.1 Å². The van der Waals surface area contributed by atoms with Crippen LogP contribution in [0.3, 0.4) is 0 Å². The van der Waals surface area contributed by atoms with Crippen LogP contribution in [0, 0.1) is 15.9 Å². The second kappa shape index (κ2) is 6.55. The molecule has 2 aromatic carbocycles. The molecule has 0 aliphatic rings. The number of ether oxygens (including phenoxy) is 1. The summed E-state index contributed by atoms with van der Waals surface area (Å²) < 4.78 is 18.4. The first kappa shape index (κ1) is 15.3. The van der Waals surface area contributed by atoms with Crippen LogP contribution in [0.5, 0.6) is 5.75 Å². The first-order chi connectivity index (χ1) is 10.0. The highest BCUT2D eigenvalue weighted by molar-refractivity contribution is 7.99. The van der Waals surface area contributed by atoms with E-state index in [-0.39, 0.29) is 22.9 Å². The van der Waals surface area contributed by atoms with Gasteiger partial charge in [-0.15, -0.1) is 0 Å². The maximum atomic E-state index is 13.6. The number of nitro groups is 1. The standard InChI is InChI=1S/C14H12FNO4S/c1-20-13-7-14(12(16(18)19)6-11(13)15)21-10-4-2-9(8-17)3-5-10/h2-7,17H,8H2,1H3. The van der Waals surface area contributed by atoms with Gasteiger partial charge in [0.05, 0.1) is 29.6 Å². The summed E-state index contributed by atoms with van der Waals surface area (Å²) in [5.74, 6) is -0.820. The Morgan fingerprint density at radius 1 is 1.33 bits per heavy atom. The summed E-state index contributed by atoms with van der Waals surface area (Å²) in [4.78, 5) is 11.4. The van der Waals surface area contributed by atoms with Crippen molar-refractivity contribution in [3.8, 4) is 5.75 Å². The average molecular weight is 309 g/mol. The van der Waals surface area contributed by atoms with Crippen LogP contribution in [-0.4, -0.2) is 17.1 Å². The lowest BCUT2D eigenvalue weighted by atomic mass is 10.2. The Hall–Kier alpha value is -2.12. The molecule has 0 atom stereocenters. The van der Waals surface area contributed by atoms with Crippen molar-refractivity contribution < 1.29 is 19.2 Å². The van der Waals surface area contributed by atoms with Gasteiger partial charge in [0, 0.05) is 11.0 Å². The third kappa shape index (κ3) is 3.50. The largest absolute Gasteiger partial charge is 0.494 e. The zero-order valence-electron chi connectivity index (χ0n) is 11.1. The molecule has 5 nitrogen and oxygen atoms in total. The fourth-order valence-corrected chi connectivity index (χ4v) is 2.63. The molecule has 0 saturated heterocycles. The van der Waals surface area contributed by atoms with Gasteiger partial charge in [-0.25, -0.2) is 4.39 Å². The van der Waals surface area contributed by atoms with E-state index in [2.05, 4.69) is 0 Å². The van der Waals surface area contributed by atoms with Gasteiger partial charge in [0.2, 0.25) is 0 Å². The molecule has 0 aliphatic carbocycles. The molecule has 0 fully saturated rings. The highest BCUT2D eigenvalue weighted by atomic mass is 32.2. The number of methoxy groups -OCH3 is 1. The molecule has 7 heteroatoms. The predicted molar refractivity (Wildman–Crippen MR) is 76.1 cm³/mol. The van der Waals surface area contributed by atoms with Gasteiger partial charge in [-0.1, -0.05) is 23.9 Å². The summed E-state index contributed by atoms with van der Waals surface area (Å²) in [7, 11) is 1.30. The number of benzene rings is 2. The van der Waals surface area contributed by atoms with Crippen molar-refractivity contribution in [1.82, 2.24) is 0 Å². The molecule has 21 heavy (non-hydrogen) atoms. The Morgan fingerprint density at radius 2 is 2.00 bits per heavy atom. The van der Waals surface area contributed by atoms with Crippen LogP contribution in [0.2, 0.25) is 0 Å². The highest BCUT2D eigenvalue weighted by Crippen LogP contribution is 2.38. The molecule has 0 bridgehead atoms. The summed E-state index contributed by atoms with van der Waals surface area (Å²) in [5, 5.41) is 20.0. The third-order valence-corrected chi connectivity index (χ3v) is 3.82. The Kier molecular flexibility index (Phi) is 4.77. The minimum Gasteiger partial charge on any atom is -0.494 e. The second-order valence-electron chi connectivity index (χ2n) is 4.12. The Balaban J connectivity index is 2.38. The molecule has 0 spiro atoms. The van der Waals surface area contributed by atoms with E-state index < -0.39 is 10.7 Å². The molecule has 0 aliphatic heterocycles. The second-order valence-corrected chi connectivity index (χ2v) is 5.23.